The van der Waals surface area contributed by atoms with Crippen LogP contribution < -0.4 is 4.74 Å². The van der Waals surface area contributed by atoms with Crippen LogP contribution in [0.2, 0.25) is 0 Å². The highest BCUT2D eigenvalue weighted by Crippen LogP contribution is 2.07. The third kappa shape index (κ3) is 3.53. The molecule has 0 bridgehead atoms. The van der Waals surface area contributed by atoms with Crippen LogP contribution in [0, 0.1) is 6.07 Å². The average molecular weight is 206 g/mol. The fraction of sp³-hybridized carbons (Fsp3) is 0.500. The van der Waals surface area contributed by atoms with Crippen molar-refractivity contribution in [1.82, 2.24) is 4.90 Å². The van der Waals surface area contributed by atoms with Gasteiger partial charge in [0.25, 0.3) is 0 Å². The van der Waals surface area contributed by atoms with E-state index in [2.05, 4.69) is 11.0 Å². The molecule has 1 heterocycles. The van der Waals surface area contributed by atoms with Gasteiger partial charge in [-0.05, 0) is 18.2 Å². The summed E-state index contributed by atoms with van der Waals surface area (Å²) in [4.78, 5) is 2.36. The number of rotatable bonds is 4. The molecule has 1 aliphatic rings. The molecular formula is C12H16NO2. The fourth-order valence-electron chi connectivity index (χ4n) is 1.59. The van der Waals surface area contributed by atoms with E-state index in [-0.39, 0.29) is 0 Å². The lowest BCUT2D eigenvalue weighted by molar-refractivity contribution is 0.0322. The third-order valence-corrected chi connectivity index (χ3v) is 2.47. The molecule has 1 aliphatic heterocycles. The number of hydrogen-bond donors (Lipinski definition) is 0. The molecule has 0 N–H and O–H groups in total. The average Bonchev–Trinajstić information content (AvgIpc) is 2.32. The topological polar surface area (TPSA) is 21.7 Å². The standard InChI is InChI=1S/C12H16NO2/c1-2-4-12(5-3-1)15-11-8-13-6-9-14-10-7-13/h2-5H,6-11H2. The van der Waals surface area contributed by atoms with Crippen molar-refractivity contribution in [2.24, 2.45) is 0 Å². The Kier molecular flexibility index (Phi) is 4.00. The number of morpholine rings is 1. The number of hydrogen-bond acceptors (Lipinski definition) is 3. The highest BCUT2D eigenvalue weighted by atomic mass is 16.5. The summed E-state index contributed by atoms with van der Waals surface area (Å²) in [5.41, 5.74) is 0. The molecule has 0 spiro atoms. The van der Waals surface area contributed by atoms with Crippen LogP contribution in [-0.2, 0) is 4.74 Å². The lowest BCUT2D eigenvalue weighted by Gasteiger charge is -2.26. The second kappa shape index (κ2) is 5.73. The van der Waals surface area contributed by atoms with E-state index in [1.807, 2.05) is 24.3 Å². The molecule has 1 saturated heterocycles. The van der Waals surface area contributed by atoms with E-state index in [0.29, 0.717) is 0 Å². The van der Waals surface area contributed by atoms with E-state index in [1.54, 1.807) is 0 Å². The first-order valence-electron chi connectivity index (χ1n) is 5.34. The Morgan fingerprint density at radius 3 is 2.73 bits per heavy atom. The van der Waals surface area contributed by atoms with Crippen molar-refractivity contribution in [2.75, 3.05) is 39.5 Å². The second-order valence-electron chi connectivity index (χ2n) is 3.54. The minimum Gasteiger partial charge on any atom is -0.492 e. The molecule has 15 heavy (non-hydrogen) atoms. The predicted octanol–water partition coefficient (Wildman–Crippen LogP) is 1.20. The van der Waals surface area contributed by atoms with Crippen molar-refractivity contribution in [2.45, 2.75) is 0 Å². The van der Waals surface area contributed by atoms with E-state index in [4.69, 9.17) is 9.47 Å². The summed E-state index contributed by atoms with van der Waals surface area (Å²) in [6, 6.07) is 10.6. The Morgan fingerprint density at radius 2 is 2.00 bits per heavy atom. The second-order valence-corrected chi connectivity index (χ2v) is 3.54. The molecule has 0 atom stereocenters. The molecule has 0 saturated carbocycles. The van der Waals surface area contributed by atoms with E-state index >= 15 is 0 Å². The van der Waals surface area contributed by atoms with Gasteiger partial charge in [0, 0.05) is 19.6 Å². The number of benzene rings is 1. The van der Waals surface area contributed by atoms with Gasteiger partial charge in [0.1, 0.15) is 12.4 Å². The van der Waals surface area contributed by atoms with Crippen molar-refractivity contribution in [1.29, 1.82) is 0 Å². The summed E-state index contributed by atoms with van der Waals surface area (Å²) in [5, 5.41) is 0. The van der Waals surface area contributed by atoms with Gasteiger partial charge >= 0.3 is 0 Å². The highest BCUT2D eigenvalue weighted by Gasteiger charge is 2.09. The summed E-state index contributed by atoms with van der Waals surface area (Å²) in [7, 11) is 0. The van der Waals surface area contributed by atoms with Crippen LogP contribution in [0.5, 0.6) is 5.75 Å². The Bertz CT molecular complexity index is 270. The Balaban J connectivity index is 1.66. The van der Waals surface area contributed by atoms with Gasteiger partial charge in [0.15, 0.2) is 0 Å². The zero-order valence-electron chi connectivity index (χ0n) is 8.82. The van der Waals surface area contributed by atoms with Crippen LogP contribution >= 0.6 is 0 Å². The van der Waals surface area contributed by atoms with Crippen LogP contribution in [0.3, 0.4) is 0 Å². The molecule has 0 aliphatic carbocycles. The van der Waals surface area contributed by atoms with Crippen LogP contribution in [0.4, 0.5) is 0 Å². The maximum atomic E-state index is 5.61. The third-order valence-electron chi connectivity index (χ3n) is 2.47. The monoisotopic (exact) mass is 206 g/mol. The summed E-state index contributed by atoms with van der Waals surface area (Å²) in [6.07, 6.45) is 0. The van der Waals surface area contributed by atoms with Crippen molar-refractivity contribution < 1.29 is 9.47 Å². The Hall–Kier alpha value is -1.06. The SMILES string of the molecule is [c]1ccc(OCCN2CCOCC2)cc1. The molecule has 2 rings (SSSR count). The quantitative estimate of drug-likeness (QED) is 0.739. The predicted molar refractivity (Wildman–Crippen MR) is 58.0 cm³/mol. The lowest BCUT2D eigenvalue weighted by Crippen LogP contribution is -2.38. The van der Waals surface area contributed by atoms with E-state index in [1.165, 1.54) is 0 Å². The largest absolute Gasteiger partial charge is 0.492 e. The van der Waals surface area contributed by atoms with Crippen molar-refractivity contribution in [3.63, 3.8) is 0 Å². The molecule has 1 aromatic carbocycles. The van der Waals surface area contributed by atoms with Gasteiger partial charge in [0.2, 0.25) is 0 Å². The van der Waals surface area contributed by atoms with E-state index < -0.39 is 0 Å². The summed E-state index contributed by atoms with van der Waals surface area (Å²) < 4.78 is 10.9. The minimum atomic E-state index is 0.740. The minimum absolute atomic E-state index is 0.740. The maximum Gasteiger partial charge on any atom is 0.119 e. The first-order valence-corrected chi connectivity index (χ1v) is 5.34. The lowest BCUT2D eigenvalue weighted by atomic mass is 10.3. The molecular weight excluding hydrogens is 190 g/mol. The van der Waals surface area contributed by atoms with Crippen LogP contribution in [0.15, 0.2) is 24.3 Å². The van der Waals surface area contributed by atoms with Crippen molar-refractivity contribution in [3.8, 4) is 5.75 Å². The van der Waals surface area contributed by atoms with Crippen LogP contribution in [0.1, 0.15) is 0 Å². The van der Waals surface area contributed by atoms with Crippen molar-refractivity contribution in [3.05, 3.63) is 30.3 Å². The van der Waals surface area contributed by atoms with Gasteiger partial charge in [-0.3, -0.25) is 4.90 Å². The normalized spacial score (nSPS) is 17.6. The van der Waals surface area contributed by atoms with Gasteiger partial charge in [0.05, 0.1) is 13.2 Å². The van der Waals surface area contributed by atoms with Gasteiger partial charge in [-0.15, -0.1) is 0 Å². The van der Waals surface area contributed by atoms with E-state index in [0.717, 1.165) is 45.2 Å². The first-order chi connectivity index (χ1) is 7.45. The fourth-order valence-corrected chi connectivity index (χ4v) is 1.59. The molecule has 3 heteroatoms. The van der Waals surface area contributed by atoms with Gasteiger partial charge in [-0.1, -0.05) is 12.1 Å². The van der Waals surface area contributed by atoms with Crippen LogP contribution in [-0.4, -0.2) is 44.4 Å². The van der Waals surface area contributed by atoms with Crippen LogP contribution in [0.25, 0.3) is 0 Å². The van der Waals surface area contributed by atoms with Crippen molar-refractivity contribution >= 4 is 0 Å². The van der Waals surface area contributed by atoms with Gasteiger partial charge < -0.3 is 9.47 Å². The summed E-state index contributed by atoms with van der Waals surface area (Å²) in [6.45, 7) is 5.45. The molecule has 1 aromatic rings. The molecule has 0 unspecified atom stereocenters. The molecule has 0 amide bonds. The molecule has 3 nitrogen and oxygen atoms in total. The first kappa shape index (κ1) is 10.5. The maximum absolute atomic E-state index is 5.61. The zero-order valence-corrected chi connectivity index (χ0v) is 8.82. The van der Waals surface area contributed by atoms with E-state index in [9.17, 15) is 0 Å². The van der Waals surface area contributed by atoms with Gasteiger partial charge in [-0.25, -0.2) is 0 Å². The summed E-state index contributed by atoms with van der Waals surface area (Å²) >= 11 is 0. The number of ether oxygens (including phenoxy) is 2. The smallest absolute Gasteiger partial charge is 0.119 e. The molecule has 1 fully saturated rings. The molecule has 1 radical (unpaired) electrons. The zero-order chi connectivity index (χ0) is 10.3. The molecule has 81 valence electrons. The number of nitrogens with zero attached hydrogens (tertiary/aromatic N) is 1. The summed E-state index contributed by atoms with van der Waals surface area (Å²) in [5.74, 6) is 0.919. The van der Waals surface area contributed by atoms with Gasteiger partial charge in [-0.2, -0.15) is 0 Å². The Morgan fingerprint density at radius 1 is 1.27 bits per heavy atom. The Labute approximate surface area is 90.6 Å². The molecule has 0 aromatic heterocycles. The highest BCUT2D eigenvalue weighted by molar-refractivity contribution is 5.20.